The molecule has 0 fully saturated rings. The van der Waals surface area contributed by atoms with Crippen molar-refractivity contribution in [2.75, 3.05) is 20.6 Å². The van der Waals surface area contributed by atoms with Crippen LogP contribution in [0.4, 0.5) is 0 Å². The Balaban J connectivity index is 4.80. The monoisotopic (exact) mass is 208 g/mol. The van der Waals surface area contributed by atoms with Crippen LogP contribution in [0, 0.1) is 0 Å². The van der Waals surface area contributed by atoms with Gasteiger partial charge in [-0.05, 0) is 37.9 Å². The molecule has 0 aromatic heterocycles. The van der Waals surface area contributed by atoms with Crippen LogP contribution in [0.2, 0.25) is 0 Å². The van der Waals surface area contributed by atoms with Gasteiger partial charge in [0.05, 0.1) is 5.70 Å². The summed E-state index contributed by atoms with van der Waals surface area (Å²) in [6.45, 7) is 10.00. The van der Waals surface area contributed by atoms with E-state index in [2.05, 4.69) is 34.5 Å². The molecule has 0 heterocycles. The molecule has 0 aliphatic rings. The van der Waals surface area contributed by atoms with Crippen molar-refractivity contribution < 1.29 is 0 Å². The molecule has 0 saturated heterocycles. The largest absolute Gasteiger partial charge is 0.322 e. The van der Waals surface area contributed by atoms with E-state index in [9.17, 15) is 0 Å². The van der Waals surface area contributed by atoms with Gasteiger partial charge in [-0.3, -0.25) is 4.99 Å². The Morgan fingerprint density at radius 2 is 2.07 bits per heavy atom. The lowest BCUT2D eigenvalue weighted by Crippen LogP contribution is -2.27. The fourth-order valence-corrected chi connectivity index (χ4v) is 1.04. The lowest BCUT2D eigenvalue weighted by molar-refractivity contribution is 0.694. The van der Waals surface area contributed by atoms with Gasteiger partial charge in [0.2, 0.25) is 0 Å². The molecule has 3 N–H and O–H groups in total. The second kappa shape index (κ2) is 7.96. The average Bonchev–Trinajstić information content (AvgIpc) is 2.17. The van der Waals surface area contributed by atoms with Crippen LogP contribution in [0.3, 0.4) is 0 Å². The predicted octanol–water partition coefficient (Wildman–Crippen LogP) is 0.974. The highest BCUT2D eigenvalue weighted by Crippen LogP contribution is 2.06. The maximum Gasteiger partial charge on any atom is 0.0514 e. The first kappa shape index (κ1) is 13.6. The van der Waals surface area contributed by atoms with Gasteiger partial charge < -0.3 is 10.7 Å². The van der Waals surface area contributed by atoms with Crippen LogP contribution in [0.5, 0.6) is 0 Å². The molecular weight excluding hydrogens is 188 g/mol. The van der Waals surface area contributed by atoms with Gasteiger partial charge in [-0.25, -0.2) is 5.43 Å². The quantitative estimate of drug-likeness (QED) is 0.332. The Hall–Kier alpha value is -1.39. The number of nitrogens with one attached hydrogen (secondary N) is 3. The fraction of sp³-hybridized carbons (Fsp3) is 0.364. The smallest absolute Gasteiger partial charge is 0.0514 e. The molecule has 84 valence electrons. The number of likely N-dealkylation sites (N-methyl/N-ethyl adjacent to an activating group) is 1. The summed E-state index contributed by atoms with van der Waals surface area (Å²) in [7, 11) is 3.70. The zero-order valence-corrected chi connectivity index (χ0v) is 9.72. The summed E-state index contributed by atoms with van der Waals surface area (Å²) in [6, 6.07) is 0. The summed E-state index contributed by atoms with van der Waals surface area (Å²) in [5, 5.41) is 3.06. The van der Waals surface area contributed by atoms with E-state index in [4.69, 9.17) is 0 Å². The molecule has 0 atom stereocenters. The molecule has 0 radical (unpaired) electrons. The van der Waals surface area contributed by atoms with Gasteiger partial charge >= 0.3 is 0 Å². The topological polar surface area (TPSA) is 48.5 Å². The SMILES string of the molecule is C=N/C=C(/C=C(\NNC)C(=C)C)CNC. The van der Waals surface area contributed by atoms with Crippen molar-refractivity contribution in [1.82, 2.24) is 16.2 Å². The van der Waals surface area contributed by atoms with Crippen molar-refractivity contribution in [3.05, 3.63) is 35.7 Å². The minimum atomic E-state index is 0.737. The van der Waals surface area contributed by atoms with Crippen molar-refractivity contribution in [3.8, 4) is 0 Å². The van der Waals surface area contributed by atoms with Crippen molar-refractivity contribution in [3.63, 3.8) is 0 Å². The summed E-state index contributed by atoms with van der Waals surface area (Å²) in [5.41, 5.74) is 8.80. The summed E-state index contributed by atoms with van der Waals surface area (Å²) < 4.78 is 0. The molecule has 0 unspecified atom stereocenters. The van der Waals surface area contributed by atoms with Gasteiger partial charge in [0.25, 0.3) is 0 Å². The lowest BCUT2D eigenvalue weighted by Gasteiger charge is -2.10. The Bertz CT molecular complexity index is 276. The molecule has 0 bridgehead atoms. The lowest BCUT2D eigenvalue weighted by atomic mass is 10.1. The number of hydrogen-bond acceptors (Lipinski definition) is 4. The van der Waals surface area contributed by atoms with Crippen LogP contribution in [0.15, 0.2) is 40.7 Å². The minimum Gasteiger partial charge on any atom is -0.322 e. The number of aliphatic imine (C=N–C) groups is 1. The van der Waals surface area contributed by atoms with Crippen molar-refractivity contribution in [2.24, 2.45) is 4.99 Å². The van der Waals surface area contributed by atoms with Crippen molar-refractivity contribution in [2.45, 2.75) is 6.92 Å². The van der Waals surface area contributed by atoms with E-state index in [1.807, 2.05) is 27.1 Å². The van der Waals surface area contributed by atoms with Gasteiger partial charge in [0.1, 0.15) is 0 Å². The number of nitrogens with zero attached hydrogens (tertiary/aromatic N) is 1. The number of rotatable bonds is 7. The summed E-state index contributed by atoms with van der Waals surface area (Å²) in [5.74, 6) is 0. The van der Waals surface area contributed by atoms with Gasteiger partial charge in [-0.1, -0.05) is 6.58 Å². The second-order valence-corrected chi connectivity index (χ2v) is 3.13. The van der Waals surface area contributed by atoms with Gasteiger partial charge in [-0.2, -0.15) is 0 Å². The first-order chi connectivity index (χ1) is 7.15. The Morgan fingerprint density at radius 1 is 1.40 bits per heavy atom. The zero-order valence-electron chi connectivity index (χ0n) is 9.72. The second-order valence-electron chi connectivity index (χ2n) is 3.13. The van der Waals surface area contributed by atoms with Crippen LogP contribution in [-0.4, -0.2) is 27.4 Å². The summed E-state index contributed by atoms with van der Waals surface area (Å²) in [6.07, 6.45) is 3.70. The predicted molar refractivity (Wildman–Crippen MR) is 66.7 cm³/mol. The highest BCUT2D eigenvalue weighted by Gasteiger charge is 1.98. The molecule has 0 aromatic carbocycles. The third-order valence-corrected chi connectivity index (χ3v) is 1.69. The molecule has 4 heteroatoms. The summed E-state index contributed by atoms with van der Waals surface area (Å²) >= 11 is 0. The normalized spacial score (nSPS) is 12.5. The van der Waals surface area contributed by atoms with Crippen molar-refractivity contribution >= 4 is 6.72 Å². The first-order valence-corrected chi connectivity index (χ1v) is 4.75. The van der Waals surface area contributed by atoms with E-state index < -0.39 is 0 Å². The Labute approximate surface area is 91.8 Å². The molecule has 0 spiro atoms. The minimum absolute atomic E-state index is 0.737. The van der Waals surface area contributed by atoms with Crippen LogP contribution >= 0.6 is 0 Å². The third kappa shape index (κ3) is 5.83. The number of hydrogen-bond donors (Lipinski definition) is 3. The van der Waals surface area contributed by atoms with Crippen LogP contribution in [-0.2, 0) is 0 Å². The molecule has 0 aliphatic heterocycles. The Morgan fingerprint density at radius 3 is 2.47 bits per heavy atom. The van der Waals surface area contributed by atoms with E-state index in [-0.39, 0.29) is 0 Å². The standard InChI is InChI=1S/C11H20N4/c1-9(2)11(15-14-5)6-10(7-12-3)8-13-4/h6-7,13-15H,1,3,8H2,2,4-5H3/b10-7-,11-6-. The van der Waals surface area contributed by atoms with E-state index in [0.717, 1.165) is 23.4 Å². The van der Waals surface area contributed by atoms with E-state index in [1.54, 1.807) is 6.20 Å². The molecule has 0 saturated carbocycles. The molecule has 15 heavy (non-hydrogen) atoms. The van der Waals surface area contributed by atoms with Crippen LogP contribution in [0.1, 0.15) is 6.92 Å². The highest BCUT2D eigenvalue weighted by molar-refractivity contribution is 5.35. The van der Waals surface area contributed by atoms with Crippen molar-refractivity contribution in [1.29, 1.82) is 0 Å². The average molecular weight is 208 g/mol. The van der Waals surface area contributed by atoms with E-state index >= 15 is 0 Å². The van der Waals surface area contributed by atoms with Gasteiger partial charge in [0, 0.05) is 19.8 Å². The number of hydrazine groups is 1. The molecule has 0 aromatic rings. The molecule has 0 rings (SSSR count). The first-order valence-electron chi connectivity index (χ1n) is 4.75. The molecule has 0 amide bonds. The summed E-state index contributed by atoms with van der Waals surface area (Å²) in [4.78, 5) is 3.75. The third-order valence-electron chi connectivity index (χ3n) is 1.69. The van der Waals surface area contributed by atoms with Gasteiger partial charge in [-0.15, -0.1) is 0 Å². The fourth-order valence-electron chi connectivity index (χ4n) is 1.04. The molecular formula is C11H20N4. The Kier molecular flexibility index (Phi) is 7.23. The zero-order chi connectivity index (χ0) is 11.7. The maximum absolute atomic E-state index is 3.88. The van der Waals surface area contributed by atoms with Gasteiger partial charge in [0.15, 0.2) is 0 Å². The van der Waals surface area contributed by atoms with E-state index in [1.165, 1.54) is 0 Å². The van der Waals surface area contributed by atoms with Crippen LogP contribution < -0.4 is 16.2 Å². The highest BCUT2D eigenvalue weighted by atomic mass is 15.3. The number of allylic oxidation sites excluding steroid dienone is 1. The van der Waals surface area contributed by atoms with E-state index in [0.29, 0.717) is 0 Å². The molecule has 0 aliphatic carbocycles. The van der Waals surface area contributed by atoms with Crippen LogP contribution in [0.25, 0.3) is 0 Å². The molecule has 4 nitrogen and oxygen atoms in total. The maximum atomic E-state index is 3.88.